The molecule has 122 valence electrons. The van der Waals surface area contributed by atoms with Crippen LogP contribution in [-0.2, 0) is 0 Å². The molecule has 1 atom stereocenters. The Morgan fingerprint density at radius 3 is 2.30 bits per heavy atom. The van der Waals surface area contributed by atoms with Gasteiger partial charge in [0.2, 0.25) is 0 Å². The third kappa shape index (κ3) is 6.45. The second-order valence-corrected chi connectivity index (χ2v) is 9.36. The van der Waals surface area contributed by atoms with Crippen LogP contribution in [0, 0.1) is 0 Å². The highest BCUT2D eigenvalue weighted by atomic mass is 28.3. The molecule has 0 amide bonds. The molecule has 0 spiro atoms. The molecule has 0 aliphatic heterocycles. The van der Waals surface area contributed by atoms with Crippen LogP contribution in [0.5, 0.6) is 5.75 Å². The highest BCUT2D eigenvalue weighted by Gasteiger charge is 2.02. The highest BCUT2D eigenvalue weighted by Crippen LogP contribution is 2.22. The van der Waals surface area contributed by atoms with Gasteiger partial charge in [-0.3, -0.25) is 0 Å². The summed E-state index contributed by atoms with van der Waals surface area (Å²) in [6.45, 7) is 5.48. The summed E-state index contributed by atoms with van der Waals surface area (Å²) in [5.74, 6) is 0.977. The lowest BCUT2D eigenvalue weighted by atomic mass is 10.1. The van der Waals surface area contributed by atoms with E-state index in [9.17, 15) is 0 Å². The topological polar surface area (TPSA) is 9.23 Å². The molecule has 0 bridgehead atoms. The van der Waals surface area contributed by atoms with Crippen molar-refractivity contribution < 1.29 is 4.74 Å². The van der Waals surface area contributed by atoms with Crippen LogP contribution >= 0.6 is 0 Å². The molecule has 0 aromatic heterocycles. The first kappa shape index (κ1) is 17.5. The van der Waals surface area contributed by atoms with Crippen molar-refractivity contribution in [1.29, 1.82) is 0 Å². The first-order chi connectivity index (χ1) is 11.3. The van der Waals surface area contributed by atoms with E-state index in [2.05, 4.69) is 74.2 Å². The molecule has 0 aliphatic carbocycles. The normalized spacial score (nSPS) is 12.4. The third-order valence-electron chi connectivity index (χ3n) is 4.01. The monoisotopic (exact) mass is 324 g/mol. The standard InChI is InChI=1S/C21H28OSi/c1-3-4-8-17-23(2)18-9-16-22-21-14-12-20(13-15-21)19-10-6-5-7-11-19/h4-8,10-15,23H,3,9,16-18H2,1-2H3. The molecule has 2 aromatic rings. The summed E-state index contributed by atoms with van der Waals surface area (Å²) >= 11 is 0. The van der Waals surface area contributed by atoms with Gasteiger partial charge in [-0.25, -0.2) is 0 Å². The summed E-state index contributed by atoms with van der Waals surface area (Å²) in [6, 6.07) is 21.6. The number of rotatable bonds is 9. The number of hydrogen-bond acceptors (Lipinski definition) is 1. The van der Waals surface area contributed by atoms with E-state index in [-0.39, 0.29) is 0 Å². The number of ether oxygens (including phenoxy) is 1. The molecule has 2 heteroatoms. The molecule has 1 nitrogen and oxygen atoms in total. The van der Waals surface area contributed by atoms with E-state index < -0.39 is 8.80 Å². The lowest BCUT2D eigenvalue weighted by Crippen LogP contribution is -2.07. The van der Waals surface area contributed by atoms with Gasteiger partial charge >= 0.3 is 0 Å². The fraction of sp³-hybridized carbons (Fsp3) is 0.333. The van der Waals surface area contributed by atoms with Crippen LogP contribution in [0.3, 0.4) is 0 Å². The molecule has 1 unspecified atom stereocenters. The Hall–Kier alpha value is -1.80. The maximum atomic E-state index is 5.88. The lowest BCUT2D eigenvalue weighted by molar-refractivity contribution is 0.317. The summed E-state index contributed by atoms with van der Waals surface area (Å²) in [6.07, 6.45) is 6.98. The Kier molecular flexibility index (Phi) is 7.68. The van der Waals surface area contributed by atoms with E-state index in [1.54, 1.807) is 0 Å². The van der Waals surface area contributed by atoms with Crippen LogP contribution in [0.2, 0.25) is 18.6 Å². The van der Waals surface area contributed by atoms with Crippen molar-refractivity contribution in [2.75, 3.05) is 6.61 Å². The zero-order valence-electron chi connectivity index (χ0n) is 14.4. The largest absolute Gasteiger partial charge is 0.494 e. The van der Waals surface area contributed by atoms with E-state index in [1.165, 1.54) is 29.6 Å². The maximum Gasteiger partial charge on any atom is 0.119 e. The minimum absolute atomic E-state index is 0.575. The minimum atomic E-state index is -0.575. The van der Waals surface area contributed by atoms with Gasteiger partial charge in [-0.2, -0.15) is 0 Å². The Labute approximate surface area is 142 Å². The van der Waals surface area contributed by atoms with E-state index in [1.807, 2.05) is 6.07 Å². The van der Waals surface area contributed by atoms with E-state index in [0.717, 1.165) is 18.8 Å². The number of benzene rings is 2. The summed E-state index contributed by atoms with van der Waals surface area (Å²) in [5, 5.41) is 0. The minimum Gasteiger partial charge on any atom is -0.494 e. The molecule has 0 saturated carbocycles. The molecule has 0 fully saturated rings. The van der Waals surface area contributed by atoms with Crippen molar-refractivity contribution in [2.45, 2.75) is 38.4 Å². The van der Waals surface area contributed by atoms with Gasteiger partial charge in [0, 0.05) is 8.80 Å². The molecular weight excluding hydrogens is 296 g/mol. The maximum absolute atomic E-state index is 5.88. The molecule has 2 aromatic carbocycles. The average molecular weight is 325 g/mol. The second-order valence-electron chi connectivity index (χ2n) is 6.10. The lowest BCUT2D eigenvalue weighted by Gasteiger charge is -2.09. The fourth-order valence-corrected chi connectivity index (χ4v) is 4.37. The van der Waals surface area contributed by atoms with Gasteiger partial charge in [-0.05, 0) is 42.1 Å². The van der Waals surface area contributed by atoms with Gasteiger partial charge in [0.05, 0.1) is 6.61 Å². The van der Waals surface area contributed by atoms with Crippen molar-refractivity contribution in [2.24, 2.45) is 0 Å². The van der Waals surface area contributed by atoms with Gasteiger partial charge in [-0.1, -0.05) is 74.1 Å². The quantitative estimate of drug-likeness (QED) is 0.315. The number of hydrogen-bond donors (Lipinski definition) is 0. The van der Waals surface area contributed by atoms with Crippen molar-refractivity contribution in [3.05, 3.63) is 66.7 Å². The summed E-state index contributed by atoms with van der Waals surface area (Å²) in [5.41, 5.74) is 2.49. The Balaban J connectivity index is 1.71. The van der Waals surface area contributed by atoms with Crippen LogP contribution < -0.4 is 4.74 Å². The molecule has 0 heterocycles. The van der Waals surface area contributed by atoms with Crippen LogP contribution in [0.1, 0.15) is 19.8 Å². The van der Waals surface area contributed by atoms with E-state index in [4.69, 9.17) is 4.74 Å². The summed E-state index contributed by atoms with van der Waals surface area (Å²) in [7, 11) is -0.575. The van der Waals surface area contributed by atoms with Crippen LogP contribution in [0.25, 0.3) is 11.1 Å². The molecule has 2 rings (SSSR count). The Morgan fingerprint density at radius 2 is 1.61 bits per heavy atom. The van der Waals surface area contributed by atoms with Crippen LogP contribution in [0.15, 0.2) is 66.7 Å². The zero-order chi connectivity index (χ0) is 16.3. The van der Waals surface area contributed by atoms with Gasteiger partial charge in [0.25, 0.3) is 0 Å². The third-order valence-corrected chi connectivity index (χ3v) is 6.48. The van der Waals surface area contributed by atoms with Crippen molar-refractivity contribution in [1.82, 2.24) is 0 Å². The van der Waals surface area contributed by atoms with Gasteiger partial charge < -0.3 is 4.74 Å². The molecule has 23 heavy (non-hydrogen) atoms. The van der Waals surface area contributed by atoms with Crippen LogP contribution in [-0.4, -0.2) is 15.4 Å². The summed E-state index contributed by atoms with van der Waals surface area (Å²) < 4.78 is 5.88. The smallest absolute Gasteiger partial charge is 0.119 e. The SMILES string of the molecule is CCC=CC[SiH](C)CCCOc1ccc(-c2ccccc2)cc1. The predicted octanol–water partition coefficient (Wildman–Crippen LogP) is 5.95. The van der Waals surface area contributed by atoms with Crippen molar-refractivity contribution in [3.8, 4) is 16.9 Å². The predicted molar refractivity (Wildman–Crippen MR) is 104 cm³/mol. The van der Waals surface area contributed by atoms with Crippen LogP contribution in [0.4, 0.5) is 0 Å². The fourth-order valence-electron chi connectivity index (χ4n) is 2.61. The van der Waals surface area contributed by atoms with Crippen molar-refractivity contribution >= 4 is 8.80 Å². The molecule has 0 saturated heterocycles. The zero-order valence-corrected chi connectivity index (χ0v) is 15.5. The average Bonchev–Trinajstić information content (AvgIpc) is 2.60. The van der Waals surface area contributed by atoms with Crippen molar-refractivity contribution in [3.63, 3.8) is 0 Å². The van der Waals surface area contributed by atoms with Gasteiger partial charge in [-0.15, -0.1) is 0 Å². The Morgan fingerprint density at radius 1 is 0.913 bits per heavy atom. The van der Waals surface area contributed by atoms with Gasteiger partial charge in [0.1, 0.15) is 5.75 Å². The molecule has 0 N–H and O–H groups in total. The molecule has 0 aliphatic rings. The Bertz CT molecular complexity index is 575. The van der Waals surface area contributed by atoms with Gasteiger partial charge in [0.15, 0.2) is 0 Å². The second kappa shape index (κ2) is 10.1. The molecule has 0 radical (unpaired) electrons. The molecular formula is C21H28OSi. The first-order valence-corrected chi connectivity index (χ1v) is 11.5. The van der Waals surface area contributed by atoms with E-state index >= 15 is 0 Å². The van der Waals surface area contributed by atoms with E-state index in [0.29, 0.717) is 0 Å². The highest BCUT2D eigenvalue weighted by molar-refractivity contribution is 6.57. The first-order valence-electron chi connectivity index (χ1n) is 8.73. The summed E-state index contributed by atoms with van der Waals surface area (Å²) in [4.78, 5) is 0. The number of allylic oxidation sites excluding steroid dienone is 2.